The molecule has 1 aliphatic rings. The summed E-state index contributed by atoms with van der Waals surface area (Å²) in [5.41, 5.74) is 14.6. The van der Waals surface area contributed by atoms with Crippen LogP contribution in [0.3, 0.4) is 0 Å². The van der Waals surface area contributed by atoms with Crippen LogP contribution in [0.15, 0.2) is 83.5 Å². The second kappa shape index (κ2) is 28.5. The highest BCUT2D eigenvalue weighted by Crippen LogP contribution is 2.23. The number of hydrogen-bond acceptors (Lipinski definition) is 9. The fourth-order valence-corrected chi connectivity index (χ4v) is 8.91. The summed E-state index contributed by atoms with van der Waals surface area (Å²) in [4.78, 5) is 124. The number of H-pyrrole nitrogens is 1. The molecule has 1 aromatic heterocycles. The number of halogens is 1. The number of unbranched alkanes of at least 4 members (excludes halogenated alkanes) is 1. The number of rotatable bonds is 13. The molecule has 21 heteroatoms. The van der Waals surface area contributed by atoms with Gasteiger partial charge in [0, 0.05) is 66.9 Å². The van der Waals surface area contributed by atoms with Crippen LogP contribution in [0.1, 0.15) is 93.4 Å². The molecular formula is C51H66BrN11O9. The van der Waals surface area contributed by atoms with E-state index < -0.39 is 77.6 Å². The number of amides is 10. The number of urea groups is 1. The van der Waals surface area contributed by atoms with Crippen LogP contribution in [0, 0.1) is 0 Å². The van der Waals surface area contributed by atoms with Crippen LogP contribution in [0.5, 0.6) is 0 Å². The van der Waals surface area contributed by atoms with Crippen molar-refractivity contribution in [3.63, 3.8) is 0 Å². The summed E-state index contributed by atoms with van der Waals surface area (Å²) in [5, 5.41) is 22.7. The Morgan fingerprint density at radius 1 is 0.722 bits per heavy atom. The van der Waals surface area contributed by atoms with E-state index in [-0.39, 0.29) is 83.3 Å². The molecular weight excluding hydrogens is 991 g/mol. The van der Waals surface area contributed by atoms with Crippen molar-refractivity contribution in [3.05, 3.63) is 106 Å². The summed E-state index contributed by atoms with van der Waals surface area (Å²) in [5.74, 6) is -5.02. The van der Waals surface area contributed by atoms with Crippen LogP contribution in [-0.2, 0) is 64.2 Å². The second-order valence-corrected chi connectivity index (χ2v) is 18.6. The predicted octanol–water partition coefficient (Wildman–Crippen LogP) is 2.20. The maximum Gasteiger partial charge on any atom is 0.312 e. The van der Waals surface area contributed by atoms with E-state index in [1.54, 1.807) is 54.7 Å². The lowest BCUT2D eigenvalue weighted by Crippen LogP contribution is -2.58. The number of primary amides is 2. The summed E-state index contributed by atoms with van der Waals surface area (Å²) < 4.78 is 0.659. The number of nitrogens with two attached hydrogens (primary N) is 2. The van der Waals surface area contributed by atoms with Crippen LogP contribution in [0.4, 0.5) is 4.79 Å². The zero-order chi connectivity index (χ0) is 52.0. The summed E-state index contributed by atoms with van der Waals surface area (Å²) in [7, 11) is 0. The zero-order valence-corrected chi connectivity index (χ0v) is 42.0. The lowest BCUT2D eigenvalue weighted by Gasteiger charge is -2.26. The highest BCUT2D eigenvalue weighted by Gasteiger charge is 2.32. The molecule has 0 aliphatic carbocycles. The number of carbonyl (C=O) groups is 9. The van der Waals surface area contributed by atoms with Crippen molar-refractivity contribution in [2.75, 3.05) is 13.1 Å². The van der Waals surface area contributed by atoms with Gasteiger partial charge < -0.3 is 59.0 Å². The molecule has 0 saturated heterocycles. The summed E-state index contributed by atoms with van der Waals surface area (Å²) in [6.45, 7) is 2.12. The molecule has 20 nitrogen and oxygen atoms in total. The van der Waals surface area contributed by atoms with Gasteiger partial charge in [-0.3, -0.25) is 38.4 Å². The van der Waals surface area contributed by atoms with E-state index in [9.17, 15) is 43.2 Å². The number of carbonyl (C=O) groups excluding carboxylic acids is 9. The topological polar surface area (TPSA) is 318 Å². The molecule has 2 heterocycles. The quantitative estimate of drug-likeness (QED) is 0.0874. The third-order valence-electron chi connectivity index (χ3n) is 12.2. The SMILES string of the molecule is CCCCC(=O)N[C@H]1CC(=O)NCCCC[C@@H](C(N)=O)NC(=O)[C@H](Cc2c[nH]c3ccccc23)NC(=O)[C@H](CCCNC(N)=O)NC(=O)[C@@H](Cc2ccccc2)NC(=O)CCc2c(Br)cccc2CNC1=O. The fraction of sp³-hybridized carbons (Fsp3) is 0.431. The number of fused-ring (bicyclic) bond motifs is 2. The molecule has 0 spiro atoms. The average Bonchev–Trinajstić information content (AvgIpc) is 3.76. The van der Waals surface area contributed by atoms with Crippen molar-refractivity contribution in [1.82, 2.24) is 47.5 Å². The van der Waals surface area contributed by atoms with Gasteiger partial charge in [-0.2, -0.15) is 0 Å². The van der Waals surface area contributed by atoms with E-state index >= 15 is 0 Å². The van der Waals surface area contributed by atoms with E-state index in [0.717, 1.165) is 17.3 Å². The molecule has 0 unspecified atom stereocenters. The van der Waals surface area contributed by atoms with Crippen LogP contribution in [-0.4, -0.2) is 102 Å². The Kier molecular flexibility index (Phi) is 22.0. The first-order valence-electron chi connectivity index (χ1n) is 24.3. The smallest absolute Gasteiger partial charge is 0.312 e. The molecule has 3 aromatic carbocycles. The highest BCUT2D eigenvalue weighted by molar-refractivity contribution is 9.10. The van der Waals surface area contributed by atoms with Gasteiger partial charge in [0.1, 0.15) is 30.2 Å². The number of aromatic amines is 1. The third kappa shape index (κ3) is 17.8. The summed E-state index contributed by atoms with van der Waals surface area (Å²) in [6.07, 6.45) is 3.78. The minimum atomic E-state index is -1.31. The van der Waals surface area contributed by atoms with Gasteiger partial charge in [-0.1, -0.05) is 89.9 Å². The van der Waals surface area contributed by atoms with Crippen molar-refractivity contribution in [2.45, 2.75) is 127 Å². The molecule has 1 aliphatic heterocycles. The Balaban J connectivity index is 1.48. The van der Waals surface area contributed by atoms with Gasteiger partial charge in [0.25, 0.3) is 0 Å². The third-order valence-corrected chi connectivity index (χ3v) is 13.0. The van der Waals surface area contributed by atoms with Crippen LogP contribution >= 0.6 is 15.9 Å². The lowest BCUT2D eigenvalue weighted by atomic mass is 10.0. The van der Waals surface area contributed by atoms with Crippen molar-refractivity contribution >= 4 is 80.1 Å². The van der Waals surface area contributed by atoms with Gasteiger partial charge in [-0.25, -0.2) is 4.79 Å². The normalized spacial score (nSPS) is 20.5. The Morgan fingerprint density at radius 3 is 2.18 bits per heavy atom. The summed E-state index contributed by atoms with van der Waals surface area (Å²) in [6, 6.07) is 14.7. The minimum absolute atomic E-state index is 0.00413. The average molecular weight is 1060 g/mol. The van der Waals surface area contributed by atoms with Crippen LogP contribution in [0.25, 0.3) is 10.9 Å². The molecule has 10 amide bonds. The number of benzene rings is 3. The largest absolute Gasteiger partial charge is 0.368 e. The molecule has 0 radical (unpaired) electrons. The molecule has 0 saturated carbocycles. The molecule has 5 atom stereocenters. The Hall–Kier alpha value is -7.29. The van der Waals surface area contributed by atoms with Gasteiger partial charge in [-0.15, -0.1) is 0 Å². The van der Waals surface area contributed by atoms with E-state index in [4.69, 9.17) is 11.5 Å². The standard InChI is InChI=1S/C51H66BrN11O9/c1-2-3-21-43(64)60-42-28-45(66)55-24-10-9-19-38(46(53)67)61-50(71)41(27-33-30-57-37-18-8-7-16-35(33)37)63-48(69)39(20-12-25-56-51(54)72)62-49(70)40(26-31-13-5-4-6-14-31)59-44(65)23-22-34-32(29-58-47(42)68)15-11-17-36(34)52/h4-8,11,13-18,30,38-42,57H,2-3,9-10,12,19-29H2,1H3,(H2,53,67)(H,55,66)(H,58,68)(H,59,65)(H,60,64)(H,61,71)(H,62,70)(H,63,69)(H3,54,56,72)/t38-,39-,40+,41-,42-/m0/s1. The number of hydrogen-bond donors (Lipinski definition) is 11. The maximum atomic E-state index is 14.5. The number of nitrogens with one attached hydrogen (secondary N) is 9. The predicted molar refractivity (Wildman–Crippen MR) is 273 cm³/mol. The van der Waals surface area contributed by atoms with Crippen molar-refractivity contribution in [1.29, 1.82) is 0 Å². The monoisotopic (exact) mass is 1060 g/mol. The van der Waals surface area contributed by atoms with Gasteiger partial charge in [0.05, 0.1) is 6.42 Å². The highest BCUT2D eigenvalue weighted by atomic mass is 79.9. The van der Waals surface area contributed by atoms with Crippen molar-refractivity contribution in [2.24, 2.45) is 11.5 Å². The lowest BCUT2D eigenvalue weighted by molar-refractivity contribution is -0.134. The molecule has 0 bridgehead atoms. The summed E-state index contributed by atoms with van der Waals surface area (Å²) >= 11 is 3.58. The number of para-hydroxylation sites is 1. The van der Waals surface area contributed by atoms with E-state index in [1.807, 2.05) is 31.2 Å². The molecule has 13 N–H and O–H groups in total. The Labute approximate surface area is 426 Å². The fourth-order valence-electron chi connectivity index (χ4n) is 8.31. The van der Waals surface area contributed by atoms with Gasteiger partial charge in [-0.05, 0) is 79.3 Å². The molecule has 4 aromatic rings. The van der Waals surface area contributed by atoms with Crippen molar-refractivity contribution in [3.8, 4) is 0 Å². The van der Waals surface area contributed by atoms with E-state index in [2.05, 4.69) is 63.4 Å². The Bertz CT molecular complexity index is 2540. The zero-order valence-electron chi connectivity index (χ0n) is 40.4. The number of aromatic nitrogens is 1. The van der Waals surface area contributed by atoms with Gasteiger partial charge in [0.15, 0.2) is 0 Å². The second-order valence-electron chi connectivity index (χ2n) is 17.8. The minimum Gasteiger partial charge on any atom is -0.368 e. The first-order chi connectivity index (χ1) is 34.6. The maximum absolute atomic E-state index is 14.5. The van der Waals surface area contributed by atoms with Crippen LogP contribution in [0.2, 0.25) is 0 Å². The van der Waals surface area contributed by atoms with Crippen LogP contribution < -0.4 is 54.0 Å². The molecule has 5 rings (SSSR count). The molecule has 0 fully saturated rings. The first kappa shape index (κ1) is 55.6. The van der Waals surface area contributed by atoms with E-state index in [0.29, 0.717) is 46.0 Å². The van der Waals surface area contributed by atoms with E-state index in [1.165, 1.54) is 0 Å². The van der Waals surface area contributed by atoms with Crippen molar-refractivity contribution < 1.29 is 43.2 Å². The van der Waals surface area contributed by atoms with Gasteiger partial charge in [0.2, 0.25) is 47.3 Å². The molecule has 72 heavy (non-hydrogen) atoms. The Morgan fingerprint density at radius 2 is 1.43 bits per heavy atom. The molecule has 386 valence electrons. The first-order valence-corrected chi connectivity index (χ1v) is 25.1. The van der Waals surface area contributed by atoms with Gasteiger partial charge >= 0.3 is 6.03 Å².